The molecule has 112 valence electrons. The molecule has 1 atom stereocenters. The monoisotopic (exact) mass is 287 g/mol. The number of hydrogen-bond acceptors (Lipinski definition) is 2. The molecule has 1 heterocycles. The number of aryl methyl sites for hydroxylation is 2. The van der Waals surface area contributed by atoms with Gasteiger partial charge in [-0.1, -0.05) is 12.1 Å². The van der Waals surface area contributed by atoms with Crippen LogP contribution in [0.3, 0.4) is 0 Å². The van der Waals surface area contributed by atoms with Crippen LogP contribution in [0.15, 0.2) is 30.5 Å². The van der Waals surface area contributed by atoms with Crippen molar-refractivity contribution in [2.45, 2.75) is 38.6 Å². The zero-order valence-corrected chi connectivity index (χ0v) is 12.4. The van der Waals surface area contributed by atoms with E-state index in [0.29, 0.717) is 12.0 Å². The maximum Gasteiger partial charge on any atom is 0.123 e. The Morgan fingerprint density at radius 2 is 2.10 bits per heavy atom. The van der Waals surface area contributed by atoms with Crippen molar-refractivity contribution in [1.29, 1.82) is 0 Å². The fraction of sp³-hybridized carbons (Fsp3) is 0.471. The minimum absolute atomic E-state index is 0.163. The Bertz CT molecular complexity index is 572. The highest BCUT2D eigenvalue weighted by molar-refractivity contribution is 5.22. The zero-order chi connectivity index (χ0) is 14.7. The third-order valence-corrected chi connectivity index (χ3v) is 4.24. The number of halogens is 1. The molecule has 2 N–H and O–H groups in total. The Labute approximate surface area is 125 Å². The maximum absolute atomic E-state index is 13.0. The molecule has 1 saturated carbocycles. The summed E-state index contributed by atoms with van der Waals surface area (Å²) in [6.45, 7) is 3.03. The molecule has 3 rings (SSSR count). The zero-order valence-electron chi connectivity index (χ0n) is 12.4. The number of H-pyrrole nitrogens is 1. The molecule has 0 spiro atoms. The van der Waals surface area contributed by atoms with E-state index in [1.807, 2.05) is 18.3 Å². The molecule has 1 fully saturated rings. The molecule has 1 aromatic heterocycles. The van der Waals surface area contributed by atoms with Crippen molar-refractivity contribution in [3.63, 3.8) is 0 Å². The summed E-state index contributed by atoms with van der Waals surface area (Å²) in [5.74, 6) is 0.551. The molecule has 0 amide bonds. The van der Waals surface area contributed by atoms with Gasteiger partial charge in [0.25, 0.3) is 0 Å². The number of hydrogen-bond donors (Lipinski definition) is 2. The van der Waals surface area contributed by atoms with Crippen molar-refractivity contribution in [1.82, 2.24) is 15.5 Å². The SMILES string of the molecule is Cc1[nH]ncc1CCCNC(c1ccc(F)cc1)C1CC1. The van der Waals surface area contributed by atoms with Crippen molar-refractivity contribution in [2.24, 2.45) is 5.92 Å². The third kappa shape index (κ3) is 3.70. The molecule has 2 aromatic rings. The molecule has 3 nitrogen and oxygen atoms in total. The Hall–Kier alpha value is -1.68. The van der Waals surface area contributed by atoms with Gasteiger partial charge in [-0.2, -0.15) is 5.10 Å². The molecule has 0 saturated heterocycles. The number of nitrogens with zero attached hydrogens (tertiary/aromatic N) is 1. The minimum atomic E-state index is -0.163. The average molecular weight is 287 g/mol. The van der Waals surface area contributed by atoms with Crippen molar-refractivity contribution >= 4 is 0 Å². The number of aromatic nitrogens is 2. The van der Waals surface area contributed by atoms with E-state index in [0.717, 1.165) is 25.1 Å². The maximum atomic E-state index is 13.0. The molecular formula is C17H22FN3. The van der Waals surface area contributed by atoms with Crippen LogP contribution in [0.2, 0.25) is 0 Å². The van der Waals surface area contributed by atoms with Gasteiger partial charge in [-0.05, 0) is 68.3 Å². The third-order valence-electron chi connectivity index (χ3n) is 4.24. The smallest absolute Gasteiger partial charge is 0.123 e. The van der Waals surface area contributed by atoms with Crippen LogP contribution in [0.1, 0.15) is 42.1 Å². The summed E-state index contributed by atoms with van der Waals surface area (Å²) >= 11 is 0. The number of benzene rings is 1. The first-order chi connectivity index (χ1) is 10.2. The number of aromatic amines is 1. The summed E-state index contributed by atoms with van der Waals surface area (Å²) < 4.78 is 13.0. The van der Waals surface area contributed by atoms with Gasteiger partial charge in [-0.25, -0.2) is 4.39 Å². The van der Waals surface area contributed by atoms with E-state index >= 15 is 0 Å². The largest absolute Gasteiger partial charge is 0.310 e. The molecule has 0 bridgehead atoms. The first-order valence-electron chi connectivity index (χ1n) is 7.72. The predicted molar refractivity (Wildman–Crippen MR) is 81.5 cm³/mol. The highest BCUT2D eigenvalue weighted by Gasteiger charge is 2.31. The van der Waals surface area contributed by atoms with Gasteiger partial charge in [0.05, 0.1) is 6.20 Å². The summed E-state index contributed by atoms with van der Waals surface area (Å²) in [5.41, 5.74) is 3.66. The van der Waals surface area contributed by atoms with Crippen molar-refractivity contribution in [2.75, 3.05) is 6.54 Å². The van der Waals surface area contributed by atoms with E-state index < -0.39 is 0 Å². The lowest BCUT2D eigenvalue weighted by molar-refractivity contribution is 0.474. The van der Waals surface area contributed by atoms with Crippen molar-refractivity contribution < 1.29 is 4.39 Å². The van der Waals surface area contributed by atoms with E-state index in [1.54, 1.807) is 12.1 Å². The average Bonchev–Trinajstić information content (AvgIpc) is 3.24. The van der Waals surface area contributed by atoms with Gasteiger partial charge >= 0.3 is 0 Å². The predicted octanol–water partition coefficient (Wildman–Crippen LogP) is 3.53. The Balaban J connectivity index is 1.52. The van der Waals surface area contributed by atoms with Gasteiger partial charge in [0, 0.05) is 11.7 Å². The van der Waals surface area contributed by atoms with Crippen LogP contribution in [-0.4, -0.2) is 16.7 Å². The lowest BCUT2D eigenvalue weighted by atomic mass is 10.0. The van der Waals surface area contributed by atoms with Crippen LogP contribution in [0, 0.1) is 18.7 Å². The second-order valence-corrected chi connectivity index (χ2v) is 5.94. The minimum Gasteiger partial charge on any atom is -0.310 e. The molecule has 0 radical (unpaired) electrons. The van der Waals surface area contributed by atoms with Gasteiger partial charge in [-0.15, -0.1) is 0 Å². The van der Waals surface area contributed by atoms with Gasteiger partial charge in [0.15, 0.2) is 0 Å². The lowest BCUT2D eigenvalue weighted by Gasteiger charge is -2.18. The fourth-order valence-electron chi connectivity index (χ4n) is 2.82. The second-order valence-electron chi connectivity index (χ2n) is 5.94. The first-order valence-corrected chi connectivity index (χ1v) is 7.72. The second kappa shape index (κ2) is 6.39. The summed E-state index contributed by atoms with van der Waals surface area (Å²) in [7, 11) is 0. The molecule has 1 aliphatic carbocycles. The van der Waals surface area contributed by atoms with Gasteiger partial charge in [0.1, 0.15) is 5.82 Å². The van der Waals surface area contributed by atoms with E-state index in [-0.39, 0.29) is 5.82 Å². The standard InChI is InChI=1S/C17H22FN3/c1-12-15(11-20-21-12)3-2-10-19-17(13-4-5-13)14-6-8-16(18)9-7-14/h6-9,11,13,17,19H,2-5,10H2,1H3,(H,20,21). The topological polar surface area (TPSA) is 40.7 Å². The van der Waals surface area contributed by atoms with Crippen LogP contribution in [0.4, 0.5) is 4.39 Å². The molecule has 0 aliphatic heterocycles. The summed E-state index contributed by atoms with van der Waals surface area (Å²) in [6, 6.07) is 7.30. The number of rotatable bonds is 7. The molecule has 4 heteroatoms. The normalized spacial score (nSPS) is 16.1. The quantitative estimate of drug-likeness (QED) is 0.765. The summed E-state index contributed by atoms with van der Waals surface area (Å²) in [4.78, 5) is 0. The molecule has 1 aromatic carbocycles. The van der Waals surface area contributed by atoms with Crippen LogP contribution in [0.5, 0.6) is 0 Å². The van der Waals surface area contributed by atoms with E-state index in [4.69, 9.17) is 0 Å². The van der Waals surface area contributed by atoms with E-state index in [2.05, 4.69) is 22.4 Å². The van der Waals surface area contributed by atoms with E-state index in [1.165, 1.54) is 24.0 Å². The molecule has 1 unspecified atom stereocenters. The molecule has 1 aliphatic rings. The summed E-state index contributed by atoms with van der Waals surface area (Å²) in [6.07, 6.45) is 6.58. The van der Waals surface area contributed by atoms with Gasteiger partial charge in [0.2, 0.25) is 0 Å². The Morgan fingerprint density at radius 3 is 2.71 bits per heavy atom. The first kappa shape index (κ1) is 14.3. The molecule has 21 heavy (non-hydrogen) atoms. The van der Waals surface area contributed by atoms with Crippen LogP contribution < -0.4 is 5.32 Å². The van der Waals surface area contributed by atoms with Crippen molar-refractivity contribution in [3.05, 3.63) is 53.1 Å². The molecular weight excluding hydrogens is 265 g/mol. The number of nitrogens with one attached hydrogen (secondary N) is 2. The van der Waals surface area contributed by atoms with E-state index in [9.17, 15) is 4.39 Å². The highest BCUT2D eigenvalue weighted by atomic mass is 19.1. The highest BCUT2D eigenvalue weighted by Crippen LogP contribution is 2.40. The Kier molecular flexibility index (Phi) is 4.34. The van der Waals surface area contributed by atoms with Gasteiger partial charge < -0.3 is 5.32 Å². The lowest BCUT2D eigenvalue weighted by Crippen LogP contribution is -2.24. The fourth-order valence-corrected chi connectivity index (χ4v) is 2.82. The van der Waals surface area contributed by atoms with Crippen LogP contribution in [-0.2, 0) is 6.42 Å². The van der Waals surface area contributed by atoms with Crippen molar-refractivity contribution in [3.8, 4) is 0 Å². The van der Waals surface area contributed by atoms with Crippen LogP contribution in [0.25, 0.3) is 0 Å². The Morgan fingerprint density at radius 1 is 1.33 bits per heavy atom. The summed E-state index contributed by atoms with van der Waals surface area (Å²) in [5, 5.41) is 10.7. The van der Waals surface area contributed by atoms with Gasteiger partial charge in [-0.3, -0.25) is 5.10 Å². The van der Waals surface area contributed by atoms with Crippen LogP contribution >= 0.6 is 0 Å².